The van der Waals surface area contributed by atoms with Crippen molar-refractivity contribution in [3.05, 3.63) is 0 Å². The van der Waals surface area contributed by atoms with E-state index in [1.807, 2.05) is 0 Å². The van der Waals surface area contributed by atoms with Gasteiger partial charge in [-0.15, -0.1) is 0 Å². The fourth-order valence-corrected chi connectivity index (χ4v) is 3.96. The molecule has 2 bridgehead atoms. The number of thiol groups is 1. The molecule has 1 amide bonds. The van der Waals surface area contributed by atoms with Crippen LogP contribution in [-0.4, -0.2) is 53.7 Å². The van der Waals surface area contributed by atoms with Crippen LogP contribution in [0.3, 0.4) is 0 Å². The number of rotatable bonds is 3. The fraction of sp³-hybridized carbons (Fsp3) is 0.929. The zero-order valence-electron chi connectivity index (χ0n) is 11.3. The van der Waals surface area contributed by atoms with Gasteiger partial charge in [0, 0.05) is 31.6 Å². The summed E-state index contributed by atoms with van der Waals surface area (Å²) < 4.78 is 0. The number of carbonyl (C=O) groups is 1. The Morgan fingerprint density at radius 2 is 2.00 bits per heavy atom. The molecule has 0 aromatic carbocycles. The molecule has 102 valence electrons. The Bertz CT molecular complexity index is 343. The summed E-state index contributed by atoms with van der Waals surface area (Å²) in [6, 6.07) is 1.32. The van der Waals surface area contributed by atoms with E-state index in [2.05, 4.69) is 29.5 Å². The predicted molar refractivity (Wildman–Crippen MR) is 75.9 cm³/mol. The van der Waals surface area contributed by atoms with Crippen LogP contribution in [-0.2, 0) is 4.79 Å². The second kappa shape index (κ2) is 4.71. The summed E-state index contributed by atoms with van der Waals surface area (Å²) in [4.78, 5) is 17.0. The zero-order chi connectivity index (χ0) is 12.8. The SMILES string of the molecule is CN1C2CCC1CN(C(=O)CC1(CS)CC1)CC2. The smallest absolute Gasteiger partial charge is 0.223 e. The number of carbonyl (C=O) groups excluding carboxylic acids is 1. The maximum Gasteiger partial charge on any atom is 0.223 e. The first kappa shape index (κ1) is 12.8. The Balaban J connectivity index is 1.61. The van der Waals surface area contributed by atoms with Gasteiger partial charge in [-0.05, 0) is 50.3 Å². The fourth-order valence-electron chi connectivity index (χ4n) is 3.54. The molecule has 4 heteroatoms. The molecule has 0 spiro atoms. The van der Waals surface area contributed by atoms with Gasteiger partial charge in [-0.25, -0.2) is 0 Å². The number of fused-ring (bicyclic) bond motifs is 2. The van der Waals surface area contributed by atoms with Gasteiger partial charge in [0.2, 0.25) is 5.91 Å². The normalized spacial score (nSPS) is 34.4. The van der Waals surface area contributed by atoms with Crippen molar-refractivity contribution in [2.24, 2.45) is 5.41 Å². The summed E-state index contributed by atoms with van der Waals surface area (Å²) in [7, 11) is 2.23. The van der Waals surface area contributed by atoms with Crippen molar-refractivity contribution in [3.8, 4) is 0 Å². The van der Waals surface area contributed by atoms with Gasteiger partial charge in [-0.1, -0.05) is 0 Å². The third-order valence-corrected chi connectivity index (χ3v) is 5.99. The van der Waals surface area contributed by atoms with Crippen molar-refractivity contribution < 1.29 is 4.79 Å². The van der Waals surface area contributed by atoms with Crippen LogP contribution >= 0.6 is 12.6 Å². The Morgan fingerprint density at radius 1 is 1.28 bits per heavy atom. The molecule has 2 saturated heterocycles. The van der Waals surface area contributed by atoms with Crippen molar-refractivity contribution in [1.82, 2.24) is 9.80 Å². The van der Waals surface area contributed by atoms with Crippen LogP contribution in [0.1, 0.15) is 38.5 Å². The van der Waals surface area contributed by atoms with Gasteiger partial charge in [0.1, 0.15) is 0 Å². The summed E-state index contributed by atoms with van der Waals surface area (Å²) >= 11 is 4.40. The number of amides is 1. The first-order chi connectivity index (χ1) is 8.63. The van der Waals surface area contributed by atoms with Gasteiger partial charge in [0.15, 0.2) is 0 Å². The average Bonchev–Trinajstić information content (AvgIpc) is 3.03. The molecule has 3 rings (SSSR count). The minimum Gasteiger partial charge on any atom is -0.341 e. The van der Waals surface area contributed by atoms with Crippen LogP contribution in [0.25, 0.3) is 0 Å². The standard InChI is InChI=1S/C14H24N2OS/c1-15-11-2-3-12(15)9-16(7-4-11)13(17)8-14(10-18)5-6-14/h11-12,18H,2-10H2,1H3. The Morgan fingerprint density at radius 3 is 2.67 bits per heavy atom. The van der Waals surface area contributed by atoms with Crippen molar-refractivity contribution in [1.29, 1.82) is 0 Å². The van der Waals surface area contributed by atoms with E-state index in [4.69, 9.17) is 0 Å². The highest BCUT2D eigenvalue weighted by Gasteiger charge is 2.44. The van der Waals surface area contributed by atoms with E-state index in [1.54, 1.807) is 0 Å². The number of hydrogen-bond acceptors (Lipinski definition) is 3. The first-order valence-electron chi connectivity index (χ1n) is 7.24. The van der Waals surface area contributed by atoms with Gasteiger partial charge in [0.25, 0.3) is 0 Å². The van der Waals surface area contributed by atoms with Crippen molar-refractivity contribution in [2.75, 3.05) is 25.9 Å². The van der Waals surface area contributed by atoms with Crippen LogP contribution in [0.2, 0.25) is 0 Å². The predicted octanol–water partition coefficient (Wildman–Crippen LogP) is 1.78. The Hall–Kier alpha value is -0.220. The van der Waals surface area contributed by atoms with E-state index in [0.29, 0.717) is 18.0 Å². The lowest BCUT2D eigenvalue weighted by Crippen LogP contribution is -2.40. The van der Waals surface area contributed by atoms with Crippen LogP contribution < -0.4 is 0 Å². The maximum atomic E-state index is 12.4. The lowest BCUT2D eigenvalue weighted by molar-refractivity contribution is -0.132. The van der Waals surface area contributed by atoms with Gasteiger partial charge in [-0.2, -0.15) is 12.6 Å². The molecule has 1 saturated carbocycles. The van der Waals surface area contributed by atoms with Gasteiger partial charge in [0.05, 0.1) is 0 Å². The lowest BCUT2D eigenvalue weighted by atomic mass is 10.0. The highest BCUT2D eigenvalue weighted by molar-refractivity contribution is 7.80. The molecule has 2 atom stereocenters. The summed E-state index contributed by atoms with van der Waals surface area (Å²) in [6.07, 6.45) is 6.88. The molecule has 0 aromatic heterocycles. The van der Waals surface area contributed by atoms with Crippen molar-refractivity contribution in [3.63, 3.8) is 0 Å². The summed E-state index contributed by atoms with van der Waals surface area (Å²) in [5.41, 5.74) is 0.261. The van der Waals surface area contributed by atoms with Gasteiger partial charge < -0.3 is 4.90 Å². The van der Waals surface area contributed by atoms with Crippen LogP contribution in [0.5, 0.6) is 0 Å². The van der Waals surface area contributed by atoms with Crippen LogP contribution in [0, 0.1) is 5.41 Å². The molecule has 1 aliphatic carbocycles. The third kappa shape index (κ3) is 2.29. The van der Waals surface area contributed by atoms with Crippen LogP contribution in [0.4, 0.5) is 0 Å². The van der Waals surface area contributed by atoms with Gasteiger partial charge in [-0.3, -0.25) is 9.69 Å². The Kier molecular flexibility index (Phi) is 3.35. The quantitative estimate of drug-likeness (QED) is 0.789. The molecule has 2 heterocycles. The lowest BCUT2D eigenvalue weighted by Gasteiger charge is -2.27. The number of nitrogens with zero attached hydrogens (tertiary/aromatic N) is 2. The molecule has 18 heavy (non-hydrogen) atoms. The number of likely N-dealkylation sites (N-methyl/N-ethyl adjacent to an activating group) is 1. The van der Waals surface area contributed by atoms with Gasteiger partial charge >= 0.3 is 0 Å². The highest BCUT2D eigenvalue weighted by atomic mass is 32.1. The number of likely N-dealkylation sites (tertiary alicyclic amines) is 1. The molecular formula is C14H24N2OS. The van der Waals surface area contributed by atoms with Crippen LogP contribution in [0.15, 0.2) is 0 Å². The van der Waals surface area contributed by atoms with E-state index in [9.17, 15) is 4.79 Å². The topological polar surface area (TPSA) is 23.6 Å². The molecule has 3 aliphatic rings. The second-order valence-corrected chi connectivity index (χ2v) is 6.83. The molecular weight excluding hydrogens is 244 g/mol. The first-order valence-corrected chi connectivity index (χ1v) is 7.87. The minimum absolute atomic E-state index is 0.261. The van der Waals surface area contributed by atoms with E-state index in [0.717, 1.165) is 31.7 Å². The summed E-state index contributed by atoms with van der Waals surface area (Å²) in [6.45, 7) is 1.92. The molecule has 3 nitrogen and oxygen atoms in total. The summed E-state index contributed by atoms with van der Waals surface area (Å²) in [5.74, 6) is 1.25. The maximum absolute atomic E-state index is 12.4. The van der Waals surface area contributed by atoms with E-state index < -0.39 is 0 Å². The zero-order valence-corrected chi connectivity index (χ0v) is 12.2. The monoisotopic (exact) mass is 268 g/mol. The van der Waals surface area contributed by atoms with Crippen molar-refractivity contribution >= 4 is 18.5 Å². The molecule has 2 aliphatic heterocycles. The molecule has 2 unspecified atom stereocenters. The Labute approximate surface area is 115 Å². The van der Waals surface area contributed by atoms with E-state index in [-0.39, 0.29) is 5.41 Å². The van der Waals surface area contributed by atoms with Crippen molar-refractivity contribution in [2.45, 2.75) is 50.6 Å². The minimum atomic E-state index is 0.261. The average molecular weight is 268 g/mol. The molecule has 3 fully saturated rings. The highest BCUT2D eigenvalue weighted by Crippen LogP contribution is 2.50. The summed E-state index contributed by atoms with van der Waals surface area (Å²) in [5, 5.41) is 0. The second-order valence-electron chi connectivity index (χ2n) is 6.51. The van der Waals surface area contributed by atoms with E-state index >= 15 is 0 Å². The number of hydrogen-bond donors (Lipinski definition) is 1. The third-order valence-electron chi connectivity index (χ3n) is 5.32. The molecule has 0 radical (unpaired) electrons. The molecule has 0 aromatic rings. The molecule has 0 N–H and O–H groups in total. The van der Waals surface area contributed by atoms with E-state index in [1.165, 1.54) is 25.7 Å². The largest absolute Gasteiger partial charge is 0.341 e.